The summed E-state index contributed by atoms with van der Waals surface area (Å²) in [7, 11) is -4.78. The lowest BCUT2D eigenvalue weighted by atomic mass is 10.1. The van der Waals surface area contributed by atoms with E-state index >= 15 is 0 Å². The van der Waals surface area contributed by atoms with Crippen molar-refractivity contribution in [3.05, 3.63) is 109 Å². The van der Waals surface area contributed by atoms with Crippen molar-refractivity contribution in [2.75, 3.05) is 13.2 Å². The Bertz CT molecular complexity index is 1200. The molecule has 0 aliphatic rings. The van der Waals surface area contributed by atoms with Crippen molar-refractivity contribution < 1.29 is 37.9 Å². The highest BCUT2D eigenvalue weighted by atomic mass is 31.2. The van der Waals surface area contributed by atoms with E-state index in [1.54, 1.807) is 0 Å². The van der Waals surface area contributed by atoms with Crippen LogP contribution in [0.4, 0.5) is 0 Å². The van der Waals surface area contributed by atoms with Gasteiger partial charge >= 0.3 is 19.8 Å². The van der Waals surface area contributed by atoms with E-state index in [1.807, 2.05) is 12.2 Å². The predicted molar refractivity (Wildman–Crippen MR) is 216 cm³/mol. The van der Waals surface area contributed by atoms with Gasteiger partial charge in [0, 0.05) is 12.8 Å². The topological polar surface area (TPSA) is 119 Å². The van der Waals surface area contributed by atoms with Gasteiger partial charge in [-0.1, -0.05) is 136 Å². The second kappa shape index (κ2) is 37.5. The van der Waals surface area contributed by atoms with Crippen LogP contribution in [0.2, 0.25) is 0 Å². The van der Waals surface area contributed by atoms with Crippen molar-refractivity contribution in [3.8, 4) is 0 Å². The second-order valence-electron chi connectivity index (χ2n) is 12.2. The first-order chi connectivity index (χ1) is 25.3. The van der Waals surface area contributed by atoms with Gasteiger partial charge in [-0.15, -0.1) is 0 Å². The van der Waals surface area contributed by atoms with Crippen LogP contribution in [0.15, 0.2) is 109 Å². The zero-order valence-electron chi connectivity index (χ0n) is 31.9. The number of hydrogen-bond acceptors (Lipinski definition) is 6. The van der Waals surface area contributed by atoms with Gasteiger partial charge in [0.05, 0.1) is 6.61 Å². The van der Waals surface area contributed by atoms with Crippen LogP contribution in [0.25, 0.3) is 0 Å². The summed E-state index contributed by atoms with van der Waals surface area (Å²) < 4.78 is 26.2. The van der Waals surface area contributed by atoms with Crippen molar-refractivity contribution in [1.82, 2.24) is 0 Å². The lowest BCUT2D eigenvalue weighted by Gasteiger charge is -2.18. The van der Waals surface area contributed by atoms with Crippen molar-refractivity contribution in [2.45, 2.75) is 136 Å². The Morgan fingerprint density at radius 2 is 0.942 bits per heavy atom. The molecule has 0 saturated heterocycles. The molecular weight excluding hydrogens is 675 g/mol. The monoisotopic (exact) mass is 742 g/mol. The van der Waals surface area contributed by atoms with Crippen LogP contribution in [0.1, 0.15) is 129 Å². The fourth-order valence-electron chi connectivity index (χ4n) is 4.46. The lowest BCUT2D eigenvalue weighted by Crippen LogP contribution is -2.29. The number of phosphoric acid groups is 1. The maximum Gasteiger partial charge on any atom is 0.469 e. The largest absolute Gasteiger partial charge is 0.469 e. The zero-order valence-corrected chi connectivity index (χ0v) is 32.8. The van der Waals surface area contributed by atoms with E-state index in [1.165, 1.54) is 6.42 Å². The third kappa shape index (κ3) is 39.5. The van der Waals surface area contributed by atoms with Crippen LogP contribution in [0.5, 0.6) is 0 Å². The number of unbranched alkanes of at least 4 members (excludes halogenated alkanes) is 5. The van der Waals surface area contributed by atoms with Crippen molar-refractivity contribution >= 4 is 19.8 Å². The Hall–Kier alpha value is -3.29. The molecule has 0 aliphatic carbocycles. The SMILES string of the molecule is CC/C=C/C/C=C/C/C=C/C/C=C/C/C=C/CCCC(=O)O[C@H](COC(=O)CCCCC/C=C/C/C=C/C/C=C/C/C=C/CCC)COP(=O)(O)O. The van der Waals surface area contributed by atoms with Crippen LogP contribution in [-0.2, 0) is 28.2 Å². The first kappa shape index (κ1) is 48.7. The molecule has 0 fully saturated rings. The minimum atomic E-state index is -4.78. The first-order valence-electron chi connectivity index (χ1n) is 19.2. The molecule has 0 amide bonds. The average Bonchev–Trinajstić information content (AvgIpc) is 3.11. The molecule has 52 heavy (non-hydrogen) atoms. The number of rotatable bonds is 33. The molecule has 292 valence electrons. The maximum atomic E-state index is 12.4. The number of hydrogen-bond donors (Lipinski definition) is 2. The highest BCUT2D eigenvalue weighted by molar-refractivity contribution is 7.46. The fourth-order valence-corrected chi connectivity index (χ4v) is 4.82. The maximum absolute atomic E-state index is 12.4. The van der Waals surface area contributed by atoms with Gasteiger partial charge in [-0.25, -0.2) is 4.57 Å². The molecule has 0 heterocycles. The molecule has 9 heteroatoms. The summed E-state index contributed by atoms with van der Waals surface area (Å²) in [6.45, 7) is 3.40. The summed E-state index contributed by atoms with van der Waals surface area (Å²) in [4.78, 5) is 42.7. The quantitative estimate of drug-likeness (QED) is 0.0295. The van der Waals surface area contributed by atoms with E-state index in [4.69, 9.17) is 19.3 Å². The number of allylic oxidation sites excluding steroid dienone is 18. The normalized spacial score (nSPS) is 13.7. The van der Waals surface area contributed by atoms with Crippen LogP contribution < -0.4 is 0 Å². The van der Waals surface area contributed by atoms with Gasteiger partial charge in [-0.05, 0) is 89.9 Å². The molecule has 0 rings (SSSR count). The molecule has 0 unspecified atom stereocenters. The number of carbonyl (C=O) groups excluding carboxylic acids is 2. The fraction of sp³-hybridized carbons (Fsp3) is 0.535. The summed E-state index contributed by atoms with van der Waals surface area (Å²) in [6.07, 6.45) is 52.4. The predicted octanol–water partition coefficient (Wildman–Crippen LogP) is 11.6. The van der Waals surface area contributed by atoms with E-state index in [0.717, 1.165) is 77.0 Å². The summed E-state index contributed by atoms with van der Waals surface area (Å²) in [5.74, 6) is -1.00. The van der Waals surface area contributed by atoms with Gasteiger partial charge in [0.1, 0.15) is 6.61 Å². The highest BCUT2D eigenvalue weighted by Gasteiger charge is 2.22. The summed E-state index contributed by atoms with van der Waals surface area (Å²) in [5.41, 5.74) is 0. The average molecular weight is 743 g/mol. The van der Waals surface area contributed by atoms with E-state index < -0.39 is 32.5 Å². The molecule has 2 N–H and O–H groups in total. The number of phosphoric ester groups is 1. The smallest absolute Gasteiger partial charge is 0.462 e. The third-order valence-corrected chi connectivity index (χ3v) is 7.74. The molecule has 0 spiro atoms. The molecule has 0 aromatic carbocycles. The Kier molecular flexibility index (Phi) is 35.1. The number of ether oxygens (including phenoxy) is 2. The Morgan fingerprint density at radius 1 is 0.519 bits per heavy atom. The Morgan fingerprint density at radius 3 is 1.40 bits per heavy atom. The summed E-state index contributed by atoms with van der Waals surface area (Å²) in [6, 6.07) is 0. The molecule has 0 aromatic rings. The van der Waals surface area contributed by atoms with Crippen molar-refractivity contribution in [2.24, 2.45) is 0 Å². The Balaban J connectivity index is 4.16. The highest BCUT2D eigenvalue weighted by Crippen LogP contribution is 2.35. The minimum Gasteiger partial charge on any atom is -0.462 e. The van der Waals surface area contributed by atoms with E-state index in [2.05, 4.69) is 116 Å². The Labute approximate surface area is 315 Å². The summed E-state index contributed by atoms with van der Waals surface area (Å²) in [5, 5.41) is 0. The van der Waals surface area contributed by atoms with Gasteiger partial charge in [0.25, 0.3) is 0 Å². The van der Waals surface area contributed by atoms with Crippen molar-refractivity contribution in [1.29, 1.82) is 0 Å². The van der Waals surface area contributed by atoms with Gasteiger partial charge in [-0.2, -0.15) is 0 Å². The van der Waals surface area contributed by atoms with Crippen LogP contribution in [0, 0.1) is 0 Å². The van der Waals surface area contributed by atoms with E-state index in [9.17, 15) is 14.2 Å². The van der Waals surface area contributed by atoms with E-state index in [0.29, 0.717) is 19.3 Å². The van der Waals surface area contributed by atoms with Crippen molar-refractivity contribution in [3.63, 3.8) is 0 Å². The molecule has 0 radical (unpaired) electrons. The molecule has 1 atom stereocenters. The molecule has 8 nitrogen and oxygen atoms in total. The van der Waals surface area contributed by atoms with Gasteiger partial charge in [-0.3, -0.25) is 14.1 Å². The molecule has 0 bridgehead atoms. The first-order valence-corrected chi connectivity index (χ1v) is 20.7. The molecule has 0 saturated carbocycles. The molecule has 0 aromatic heterocycles. The molecule has 0 aliphatic heterocycles. The number of esters is 2. The van der Waals surface area contributed by atoms with Crippen LogP contribution in [0.3, 0.4) is 0 Å². The number of carbonyl (C=O) groups is 2. The second-order valence-corrected chi connectivity index (χ2v) is 13.4. The summed E-state index contributed by atoms with van der Waals surface area (Å²) >= 11 is 0. The van der Waals surface area contributed by atoms with Crippen LogP contribution in [-0.4, -0.2) is 41.0 Å². The molecular formula is C43H67O8P. The van der Waals surface area contributed by atoms with Gasteiger partial charge in [0.2, 0.25) is 0 Å². The van der Waals surface area contributed by atoms with Gasteiger partial charge < -0.3 is 19.3 Å². The third-order valence-electron chi connectivity index (χ3n) is 7.26. The van der Waals surface area contributed by atoms with Gasteiger partial charge in [0.15, 0.2) is 6.10 Å². The van der Waals surface area contributed by atoms with Crippen LogP contribution >= 0.6 is 7.82 Å². The zero-order chi connectivity index (χ0) is 38.2. The lowest BCUT2D eigenvalue weighted by molar-refractivity contribution is -0.161. The standard InChI is InChI=1S/C43H67O8P/c1-3-5-7-9-11-13-15-17-19-21-23-25-27-29-31-33-35-37-42(44)49-39-41(40-50-52(46,47)48)51-43(45)38-36-34-32-30-28-26-24-22-20-18-16-14-12-10-8-6-4-2/h6-9,12-15,18-21,24-27,30,32,41H,3-5,10-11,16-17,22-23,28-29,31,33-40H2,1-2H3,(H2,46,47,48)/b8-6+,9-7+,14-12+,15-13+,20-18+,21-19+,26-24+,27-25+,32-30+/t41-/m1/s1. The van der Waals surface area contributed by atoms with E-state index in [-0.39, 0.29) is 19.4 Å². The minimum absolute atomic E-state index is 0.119.